The van der Waals surface area contributed by atoms with Crippen LogP contribution in [0.3, 0.4) is 0 Å². The lowest BCUT2D eigenvalue weighted by atomic mass is 10.2. The molecule has 0 aliphatic carbocycles. The Hall–Kier alpha value is -2.00. The van der Waals surface area contributed by atoms with Gasteiger partial charge < -0.3 is 10.1 Å². The maximum absolute atomic E-state index is 12.2. The Kier molecular flexibility index (Phi) is 4.86. The smallest absolute Gasteiger partial charge is 0.265 e. The molecule has 1 N–H and O–H groups in total. The normalized spacial score (nSPS) is 11.8. The van der Waals surface area contributed by atoms with Gasteiger partial charge in [-0.25, -0.2) is 0 Å². The Morgan fingerprint density at radius 1 is 1.14 bits per heavy atom. The number of anilines is 1. The molecule has 3 nitrogen and oxygen atoms in total. The molecule has 0 saturated heterocycles. The fraction of sp³-hybridized carbons (Fsp3) is 0.235. The number of hydrogen-bond acceptors (Lipinski definition) is 2. The van der Waals surface area contributed by atoms with Crippen molar-refractivity contribution < 1.29 is 9.53 Å². The summed E-state index contributed by atoms with van der Waals surface area (Å²) in [6.45, 7) is 5.58. The van der Waals surface area contributed by atoms with Crippen LogP contribution < -0.4 is 10.1 Å². The van der Waals surface area contributed by atoms with E-state index < -0.39 is 6.10 Å². The summed E-state index contributed by atoms with van der Waals surface area (Å²) in [5.41, 5.74) is 2.69. The van der Waals surface area contributed by atoms with Crippen molar-refractivity contribution in [3.8, 4) is 5.75 Å². The van der Waals surface area contributed by atoms with Crippen molar-refractivity contribution in [1.82, 2.24) is 0 Å². The molecule has 2 rings (SSSR count). The number of carbonyl (C=O) groups is 1. The molecule has 0 fully saturated rings. The van der Waals surface area contributed by atoms with Gasteiger partial charge in [-0.05, 0) is 50.6 Å². The van der Waals surface area contributed by atoms with E-state index >= 15 is 0 Å². The molecule has 0 aliphatic heterocycles. The lowest BCUT2D eigenvalue weighted by molar-refractivity contribution is -0.122. The Bertz CT molecular complexity index is 638. The van der Waals surface area contributed by atoms with Gasteiger partial charge in [-0.15, -0.1) is 0 Å². The van der Waals surface area contributed by atoms with Crippen LogP contribution in [0.4, 0.5) is 5.69 Å². The van der Waals surface area contributed by atoms with E-state index in [1.165, 1.54) is 0 Å². The summed E-state index contributed by atoms with van der Waals surface area (Å²) >= 11 is 6.04. The topological polar surface area (TPSA) is 38.3 Å². The summed E-state index contributed by atoms with van der Waals surface area (Å²) in [5.74, 6) is 0.465. The quantitative estimate of drug-likeness (QED) is 0.911. The van der Waals surface area contributed by atoms with E-state index in [2.05, 4.69) is 5.32 Å². The first-order chi connectivity index (χ1) is 9.97. The molecule has 21 heavy (non-hydrogen) atoms. The number of carbonyl (C=O) groups excluding carboxylic acids is 1. The lowest BCUT2D eigenvalue weighted by Crippen LogP contribution is -2.30. The third kappa shape index (κ3) is 3.99. The van der Waals surface area contributed by atoms with Gasteiger partial charge in [-0.3, -0.25) is 4.79 Å². The minimum Gasteiger partial charge on any atom is -0.481 e. The number of ether oxygens (including phenoxy) is 1. The molecule has 0 unspecified atom stereocenters. The van der Waals surface area contributed by atoms with E-state index in [0.717, 1.165) is 11.1 Å². The van der Waals surface area contributed by atoms with Crippen LogP contribution in [0.2, 0.25) is 5.02 Å². The number of rotatable bonds is 4. The Morgan fingerprint density at radius 3 is 2.48 bits per heavy atom. The zero-order valence-corrected chi connectivity index (χ0v) is 13.1. The van der Waals surface area contributed by atoms with Crippen molar-refractivity contribution in [3.63, 3.8) is 0 Å². The predicted molar refractivity (Wildman–Crippen MR) is 86.1 cm³/mol. The van der Waals surface area contributed by atoms with Crippen molar-refractivity contribution in [3.05, 3.63) is 58.6 Å². The molecule has 2 aromatic carbocycles. The minimum absolute atomic E-state index is 0.207. The Balaban J connectivity index is 2.02. The second-order valence-electron chi connectivity index (χ2n) is 4.97. The fourth-order valence-electron chi connectivity index (χ4n) is 1.85. The van der Waals surface area contributed by atoms with Gasteiger partial charge in [0.25, 0.3) is 5.91 Å². The van der Waals surface area contributed by atoms with E-state index in [1.54, 1.807) is 19.1 Å². The molecular formula is C17H18ClNO2. The highest BCUT2D eigenvalue weighted by Crippen LogP contribution is 2.23. The summed E-state index contributed by atoms with van der Waals surface area (Å²) in [4.78, 5) is 12.2. The van der Waals surface area contributed by atoms with Crippen LogP contribution >= 0.6 is 11.6 Å². The summed E-state index contributed by atoms with van der Waals surface area (Å²) in [7, 11) is 0. The van der Waals surface area contributed by atoms with Crippen molar-refractivity contribution in [2.24, 2.45) is 0 Å². The molecule has 0 radical (unpaired) electrons. The van der Waals surface area contributed by atoms with Crippen LogP contribution in [0.1, 0.15) is 18.1 Å². The second kappa shape index (κ2) is 6.64. The average molecular weight is 304 g/mol. The SMILES string of the molecule is Cc1ccc(O[C@@H](C)C(=O)Nc2cccc(Cl)c2C)cc1. The van der Waals surface area contributed by atoms with Gasteiger partial charge >= 0.3 is 0 Å². The van der Waals surface area contributed by atoms with E-state index in [1.807, 2.05) is 44.2 Å². The van der Waals surface area contributed by atoms with Crippen LogP contribution in [-0.4, -0.2) is 12.0 Å². The van der Waals surface area contributed by atoms with Gasteiger partial charge in [0.1, 0.15) is 5.75 Å². The molecule has 0 spiro atoms. The van der Waals surface area contributed by atoms with Gasteiger partial charge in [-0.1, -0.05) is 35.4 Å². The molecule has 0 aromatic heterocycles. The van der Waals surface area contributed by atoms with E-state index in [4.69, 9.17) is 16.3 Å². The molecular weight excluding hydrogens is 286 g/mol. The number of hydrogen-bond donors (Lipinski definition) is 1. The van der Waals surface area contributed by atoms with Crippen LogP contribution in [-0.2, 0) is 4.79 Å². The van der Waals surface area contributed by atoms with Crippen molar-refractivity contribution in [2.45, 2.75) is 26.9 Å². The van der Waals surface area contributed by atoms with Crippen molar-refractivity contribution in [1.29, 1.82) is 0 Å². The fourth-order valence-corrected chi connectivity index (χ4v) is 2.03. The van der Waals surface area contributed by atoms with Crippen LogP contribution in [0.15, 0.2) is 42.5 Å². The standard InChI is InChI=1S/C17H18ClNO2/c1-11-7-9-14(10-8-11)21-13(3)17(20)19-16-6-4-5-15(18)12(16)2/h4-10,13H,1-3H3,(H,19,20)/t13-/m0/s1. The lowest BCUT2D eigenvalue weighted by Gasteiger charge is -2.16. The molecule has 0 aliphatic rings. The Labute approximate surface area is 129 Å². The summed E-state index contributed by atoms with van der Waals surface area (Å²) in [5, 5.41) is 3.46. The minimum atomic E-state index is -0.592. The monoisotopic (exact) mass is 303 g/mol. The van der Waals surface area contributed by atoms with E-state index in [-0.39, 0.29) is 5.91 Å². The number of aryl methyl sites for hydroxylation is 1. The molecule has 0 heterocycles. The van der Waals surface area contributed by atoms with Gasteiger partial charge in [0.05, 0.1) is 0 Å². The van der Waals surface area contributed by atoms with Crippen LogP contribution in [0, 0.1) is 13.8 Å². The summed E-state index contributed by atoms with van der Waals surface area (Å²) < 4.78 is 5.63. The number of nitrogens with one attached hydrogen (secondary N) is 1. The first-order valence-electron chi connectivity index (χ1n) is 6.76. The molecule has 110 valence electrons. The summed E-state index contributed by atoms with van der Waals surface area (Å²) in [6.07, 6.45) is -0.592. The first-order valence-corrected chi connectivity index (χ1v) is 7.14. The maximum Gasteiger partial charge on any atom is 0.265 e. The molecule has 0 saturated carbocycles. The van der Waals surface area contributed by atoms with E-state index in [9.17, 15) is 4.79 Å². The van der Waals surface area contributed by atoms with Crippen molar-refractivity contribution >= 4 is 23.2 Å². The molecule has 1 atom stereocenters. The highest BCUT2D eigenvalue weighted by molar-refractivity contribution is 6.31. The number of halogens is 1. The van der Waals surface area contributed by atoms with Crippen molar-refractivity contribution in [2.75, 3.05) is 5.32 Å². The molecule has 2 aromatic rings. The van der Waals surface area contributed by atoms with Crippen LogP contribution in [0.25, 0.3) is 0 Å². The zero-order chi connectivity index (χ0) is 15.4. The predicted octanol–water partition coefficient (Wildman–Crippen LogP) is 4.36. The molecule has 1 amide bonds. The second-order valence-corrected chi connectivity index (χ2v) is 5.38. The molecule has 4 heteroatoms. The van der Waals surface area contributed by atoms with E-state index in [0.29, 0.717) is 16.5 Å². The highest BCUT2D eigenvalue weighted by atomic mass is 35.5. The number of amides is 1. The largest absolute Gasteiger partial charge is 0.481 e. The van der Waals surface area contributed by atoms with Gasteiger partial charge in [0.15, 0.2) is 6.10 Å². The highest BCUT2D eigenvalue weighted by Gasteiger charge is 2.16. The Morgan fingerprint density at radius 2 is 1.81 bits per heavy atom. The van der Waals surface area contributed by atoms with Gasteiger partial charge in [-0.2, -0.15) is 0 Å². The third-order valence-corrected chi connectivity index (χ3v) is 3.64. The van der Waals surface area contributed by atoms with Crippen LogP contribution in [0.5, 0.6) is 5.75 Å². The summed E-state index contributed by atoms with van der Waals surface area (Å²) in [6, 6.07) is 13.0. The zero-order valence-electron chi connectivity index (χ0n) is 12.3. The average Bonchev–Trinajstić information content (AvgIpc) is 2.46. The maximum atomic E-state index is 12.2. The van der Waals surface area contributed by atoms with Gasteiger partial charge in [0, 0.05) is 10.7 Å². The third-order valence-electron chi connectivity index (χ3n) is 3.23. The molecule has 0 bridgehead atoms. The first kappa shape index (κ1) is 15.4. The van der Waals surface area contributed by atoms with Gasteiger partial charge in [0.2, 0.25) is 0 Å². The number of benzene rings is 2.